The molecule has 0 aliphatic heterocycles. The van der Waals surface area contributed by atoms with Crippen LogP contribution in [-0.2, 0) is 21.1 Å². The van der Waals surface area contributed by atoms with Gasteiger partial charge in [0.1, 0.15) is 11.5 Å². The van der Waals surface area contributed by atoms with Crippen LogP contribution < -0.4 is 20.3 Å². The van der Waals surface area contributed by atoms with Crippen LogP contribution in [0.2, 0.25) is 0 Å². The fourth-order valence-electron chi connectivity index (χ4n) is 3.20. The van der Waals surface area contributed by atoms with Crippen molar-refractivity contribution >= 4 is 33.2 Å². The quantitative estimate of drug-likeness (QED) is 0.291. The lowest BCUT2D eigenvalue weighted by Gasteiger charge is -2.11. The molecule has 0 aliphatic rings. The van der Waals surface area contributed by atoms with Gasteiger partial charge in [-0.1, -0.05) is 37.2 Å². The number of aromatic nitrogens is 2. The summed E-state index contributed by atoms with van der Waals surface area (Å²) in [5, 5.41) is 2.84. The van der Waals surface area contributed by atoms with Crippen molar-refractivity contribution in [1.82, 2.24) is 9.97 Å². The molecule has 0 saturated carbocycles. The van der Waals surface area contributed by atoms with Crippen molar-refractivity contribution in [3.8, 4) is 11.5 Å². The molecule has 0 saturated heterocycles. The second-order valence-electron chi connectivity index (χ2n) is 7.54. The van der Waals surface area contributed by atoms with Gasteiger partial charge in [-0.05, 0) is 42.7 Å². The third-order valence-corrected chi connectivity index (χ3v) is 7.76. The molecule has 0 fully saturated rings. The molecule has 2 N–H and O–H groups in total. The number of ether oxygens (including phenoxy) is 2. The molecule has 0 aliphatic carbocycles. The largest absolute Gasteiger partial charge is 0.497 e. The van der Waals surface area contributed by atoms with E-state index in [1.54, 1.807) is 30.3 Å². The van der Waals surface area contributed by atoms with E-state index in [1.165, 1.54) is 26.4 Å². The number of unbranched alkanes of at least 4 members (excludes halogenated alkanes) is 1. The molecule has 0 radical (unpaired) electrons. The number of carbonyl (C=O) groups excluding carboxylic acids is 1. The first-order valence-corrected chi connectivity index (χ1v) is 13.3. The number of sulfone groups is 1. The third kappa shape index (κ3) is 6.64. The molecule has 0 bridgehead atoms. The monoisotopic (exact) mass is 517 g/mol. The number of nitrogens with one attached hydrogen (secondary N) is 2. The Morgan fingerprint density at radius 1 is 1.11 bits per heavy atom. The Kier molecular flexibility index (Phi) is 8.94. The highest BCUT2D eigenvalue weighted by atomic mass is 32.2. The standard InChI is InChI=1S/C24H27N3O6S2/c1-4-5-6-16-7-10-18(11-8-16)35(30,31)21-14-25-24(27-23(21)29)34-15-22(28)26-19-12-9-17(32-2)13-20(19)33-3/h7-14H,4-6,15H2,1-3H3,(H,26,28)(H,25,27,29). The molecular formula is C24H27N3O6S2. The minimum Gasteiger partial charge on any atom is -0.497 e. The molecule has 0 spiro atoms. The Labute approximate surface area is 208 Å². The zero-order valence-electron chi connectivity index (χ0n) is 19.7. The van der Waals surface area contributed by atoms with Crippen molar-refractivity contribution in [2.45, 2.75) is 41.1 Å². The number of amides is 1. The number of methoxy groups -OCH3 is 2. The van der Waals surface area contributed by atoms with E-state index < -0.39 is 20.3 Å². The molecule has 3 rings (SSSR count). The summed E-state index contributed by atoms with van der Waals surface area (Å²) in [5.41, 5.74) is 0.701. The van der Waals surface area contributed by atoms with Crippen LogP contribution in [0.25, 0.3) is 0 Å². The predicted octanol–water partition coefficient (Wildman–Crippen LogP) is 3.69. The number of hydrogen-bond acceptors (Lipinski definition) is 8. The second-order valence-corrected chi connectivity index (χ2v) is 10.4. The van der Waals surface area contributed by atoms with Crippen molar-refractivity contribution in [1.29, 1.82) is 0 Å². The topological polar surface area (TPSA) is 127 Å². The van der Waals surface area contributed by atoms with E-state index in [4.69, 9.17) is 9.47 Å². The van der Waals surface area contributed by atoms with Crippen molar-refractivity contribution in [2.24, 2.45) is 0 Å². The van der Waals surface area contributed by atoms with Gasteiger partial charge in [0.25, 0.3) is 5.56 Å². The third-order valence-electron chi connectivity index (χ3n) is 5.11. The summed E-state index contributed by atoms with van der Waals surface area (Å²) in [5.74, 6) is 0.588. The van der Waals surface area contributed by atoms with Gasteiger partial charge in [-0.25, -0.2) is 13.4 Å². The number of H-pyrrole nitrogens is 1. The van der Waals surface area contributed by atoms with Gasteiger partial charge >= 0.3 is 0 Å². The van der Waals surface area contributed by atoms with Crippen molar-refractivity contribution < 1.29 is 22.7 Å². The number of aromatic amines is 1. The number of carbonyl (C=O) groups is 1. The summed E-state index contributed by atoms with van der Waals surface area (Å²) in [7, 11) is -1.03. The molecule has 3 aromatic rings. The number of thioether (sulfide) groups is 1. The number of nitrogens with zero attached hydrogens (tertiary/aromatic N) is 1. The lowest BCUT2D eigenvalue weighted by Crippen LogP contribution is -2.20. The average Bonchev–Trinajstić information content (AvgIpc) is 2.86. The maximum atomic E-state index is 12.9. The lowest BCUT2D eigenvalue weighted by atomic mass is 10.1. The van der Waals surface area contributed by atoms with Gasteiger partial charge in [-0.3, -0.25) is 9.59 Å². The van der Waals surface area contributed by atoms with E-state index in [9.17, 15) is 18.0 Å². The zero-order chi connectivity index (χ0) is 25.4. The fraction of sp³-hybridized carbons (Fsp3) is 0.292. The van der Waals surface area contributed by atoms with E-state index in [0.29, 0.717) is 17.2 Å². The smallest absolute Gasteiger partial charge is 0.270 e. The highest BCUT2D eigenvalue weighted by Gasteiger charge is 2.22. The maximum Gasteiger partial charge on any atom is 0.270 e. The minimum atomic E-state index is -4.03. The summed E-state index contributed by atoms with van der Waals surface area (Å²) in [6, 6.07) is 11.5. The molecule has 9 nitrogen and oxygen atoms in total. The van der Waals surface area contributed by atoms with Crippen LogP contribution in [0.15, 0.2) is 68.4 Å². The molecule has 1 aromatic heterocycles. The van der Waals surface area contributed by atoms with Crippen molar-refractivity contribution in [3.63, 3.8) is 0 Å². The van der Waals surface area contributed by atoms with Gasteiger partial charge in [0.05, 0.1) is 36.8 Å². The Morgan fingerprint density at radius 3 is 2.49 bits per heavy atom. The number of aryl methyl sites for hydroxylation is 1. The van der Waals surface area contributed by atoms with Crippen LogP contribution in [0.4, 0.5) is 5.69 Å². The Balaban J connectivity index is 1.67. The van der Waals surface area contributed by atoms with Crippen LogP contribution >= 0.6 is 11.8 Å². The molecular weight excluding hydrogens is 490 g/mol. The molecule has 1 heterocycles. The number of hydrogen-bond donors (Lipinski definition) is 2. The molecule has 0 unspecified atom stereocenters. The highest BCUT2D eigenvalue weighted by Crippen LogP contribution is 2.29. The SMILES string of the molecule is CCCCc1ccc(S(=O)(=O)c2cnc(SCC(=O)Nc3ccc(OC)cc3OC)[nH]c2=O)cc1. The van der Waals surface area contributed by atoms with Crippen LogP contribution in [0.1, 0.15) is 25.3 Å². The van der Waals surface area contributed by atoms with E-state index >= 15 is 0 Å². The first-order chi connectivity index (χ1) is 16.8. The molecule has 2 aromatic carbocycles. The number of rotatable bonds is 11. The van der Waals surface area contributed by atoms with Crippen LogP contribution in [0.5, 0.6) is 11.5 Å². The van der Waals surface area contributed by atoms with E-state index in [1.807, 2.05) is 0 Å². The van der Waals surface area contributed by atoms with E-state index in [0.717, 1.165) is 42.8 Å². The second kappa shape index (κ2) is 11.9. The molecule has 1 amide bonds. The summed E-state index contributed by atoms with van der Waals surface area (Å²) < 4.78 is 36.2. The highest BCUT2D eigenvalue weighted by molar-refractivity contribution is 7.99. The first kappa shape index (κ1) is 26.3. The Morgan fingerprint density at radius 2 is 1.86 bits per heavy atom. The van der Waals surface area contributed by atoms with Gasteiger partial charge in [0.2, 0.25) is 15.7 Å². The van der Waals surface area contributed by atoms with Gasteiger partial charge in [-0.15, -0.1) is 0 Å². The summed E-state index contributed by atoms with van der Waals surface area (Å²) in [4.78, 5) is 30.9. The summed E-state index contributed by atoms with van der Waals surface area (Å²) >= 11 is 0.969. The summed E-state index contributed by atoms with van der Waals surface area (Å²) in [6.45, 7) is 2.09. The minimum absolute atomic E-state index is 0.0262. The van der Waals surface area contributed by atoms with E-state index in [-0.39, 0.29) is 21.7 Å². The lowest BCUT2D eigenvalue weighted by molar-refractivity contribution is -0.113. The number of benzene rings is 2. The zero-order valence-corrected chi connectivity index (χ0v) is 21.3. The first-order valence-electron chi connectivity index (χ1n) is 10.9. The van der Waals surface area contributed by atoms with Gasteiger partial charge in [0.15, 0.2) is 10.1 Å². The van der Waals surface area contributed by atoms with Crippen molar-refractivity contribution in [3.05, 3.63) is 64.6 Å². The van der Waals surface area contributed by atoms with Gasteiger partial charge < -0.3 is 19.8 Å². The maximum absolute atomic E-state index is 12.9. The normalized spacial score (nSPS) is 11.2. The average molecular weight is 518 g/mol. The number of anilines is 1. The Bertz CT molecular complexity index is 1340. The molecule has 0 atom stereocenters. The Hall–Kier alpha value is -3.31. The van der Waals surface area contributed by atoms with Crippen molar-refractivity contribution in [2.75, 3.05) is 25.3 Å². The van der Waals surface area contributed by atoms with Crippen LogP contribution in [0.3, 0.4) is 0 Å². The summed E-state index contributed by atoms with van der Waals surface area (Å²) in [6.07, 6.45) is 3.94. The molecule has 35 heavy (non-hydrogen) atoms. The fourth-order valence-corrected chi connectivity index (χ4v) is 5.06. The predicted molar refractivity (Wildman–Crippen MR) is 134 cm³/mol. The molecule has 186 valence electrons. The van der Waals surface area contributed by atoms with Crippen LogP contribution in [0, 0.1) is 0 Å². The van der Waals surface area contributed by atoms with Gasteiger partial charge in [-0.2, -0.15) is 0 Å². The molecule has 11 heteroatoms. The van der Waals surface area contributed by atoms with Crippen LogP contribution in [-0.4, -0.2) is 44.3 Å². The van der Waals surface area contributed by atoms with Gasteiger partial charge in [0, 0.05) is 6.07 Å². The van der Waals surface area contributed by atoms with E-state index in [2.05, 4.69) is 22.2 Å².